The Kier molecular flexibility index (Phi) is 10.6. The number of carbonyl (C=O) groups excluding carboxylic acids is 2. The summed E-state index contributed by atoms with van der Waals surface area (Å²) in [6.07, 6.45) is 2.87. The highest BCUT2D eigenvalue weighted by Crippen LogP contribution is 2.26. The van der Waals surface area contributed by atoms with Gasteiger partial charge in [0, 0.05) is 0 Å². The molecule has 5 nitrogen and oxygen atoms in total. The third-order valence-corrected chi connectivity index (χ3v) is 5.82. The van der Waals surface area contributed by atoms with E-state index in [-0.39, 0.29) is 29.2 Å². The monoisotopic (exact) mass is 453 g/mol. The zero-order chi connectivity index (χ0) is 24.3. The van der Waals surface area contributed by atoms with E-state index >= 15 is 0 Å². The van der Waals surface area contributed by atoms with Gasteiger partial charge in [0.2, 0.25) is 0 Å². The van der Waals surface area contributed by atoms with E-state index in [0.717, 1.165) is 24.0 Å². The molecule has 0 saturated carbocycles. The van der Waals surface area contributed by atoms with E-state index in [1.54, 1.807) is 0 Å². The number of rotatable bonds is 13. The van der Waals surface area contributed by atoms with E-state index in [0.29, 0.717) is 26.1 Å². The molecule has 2 aromatic rings. The molecule has 33 heavy (non-hydrogen) atoms. The summed E-state index contributed by atoms with van der Waals surface area (Å²) < 4.78 is 11.1. The van der Waals surface area contributed by atoms with E-state index < -0.39 is 6.04 Å². The van der Waals surface area contributed by atoms with E-state index in [2.05, 4.69) is 20.8 Å². The standard InChI is InChI=1S/C28H39NO4/c1-21(19-32-27(31)25(29)18-24-13-9-6-10-14-24)15-16-28(3,4)20-33-26(30)22(2)17-23-11-7-5-8-12-23/h5-14,21-22,25H,15-20,29H2,1-4H3. The first-order valence-electron chi connectivity index (χ1n) is 11.8. The number of hydrogen-bond acceptors (Lipinski definition) is 5. The number of nitrogens with two attached hydrogens (primary N) is 1. The molecule has 3 atom stereocenters. The first-order valence-corrected chi connectivity index (χ1v) is 11.8. The normalized spacial score (nSPS) is 14.2. The van der Waals surface area contributed by atoms with Crippen molar-refractivity contribution in [1.29, 1.82) is 0 Å². The largest absolute Gasteiger partial charge is 0.465 e. The summed E-state index contributed by atoms with van der Waals surface area (Å²) in [5.74, 6) is -0.515. The molecule has 0 bridgehead atoms. The molecular weight excluding hydrogens is 414 g/mol. The predicted octanol–water partition coefficient (Wildman–Crippen LogP) is 4.96. The third kappa shape index (κ3) is 10.2. The van der Waals surface area contributed by atoms with Gasteiger partial charge in [-0.3, -0.25) is 9.59 Å². The molecule has 0 radical (unpaired) electrons. The number of benzene rings is 2. The van der Waals surface area contributed by atoms with Gasteiger partial charge < -0.3 is 15.2 Å². The second-order valence-corrected chi connectivity index (χ2v) is 9.93. The topological polar surface area (TPSA) is 78.6 Å². The van der Waals surface area contributed by atoms with Crippen molar-refractivity contribution in [1.82, 2.24) is 0 Å². The molecule has 3 unspecified atom stereocenters. The van der Waals surface area contributed by atoms with Crippen LogP contribution in [-0.2, 0) is 31.9 Å². The third-order valence-electron chi connectivity index (χ3n) is 5.82. The molecule has 0 aliphatic rings. The van der Waals surface area contributed by atoms with Gasteiger partial charge in [0.15, 0.2) is 0 Å². The Balaban J connectivity index is 1.66. The smallest absolute Gasteiger partial charge is 0.323 e. The molecule has 2 aromatic carbocycles. The number of carbonyl (C=O) groups is 2. The van der Waals surface area contributed by atoms with E-state index in [9.17, 15) is 9.59 Å². The Bertz CT molecular complexity index is 851. The van der Waals surface area contributed by atoms with Gasteiger partial charge >= 0.3 is 11.9 Å². The zero-order valence-electron chi connectivity index (χ0n) is 20.5. The van der Waals surface area contributed by atoms with Crippen LogP contribution in [0.4, 0.5) is 0 Å². The second-order valence-electron chi connectivity index (χ2n) is 9.93. The molecular formula is C28H39NO4. The van der Waals surface area contributed by atoms with Gasteiger partial charge in [-0.05, 0) is 48.1 Å². The lowest BCUT2D eigenvalue weighted by atomic mass is 9.86. The van der Waals surface area contributed by atoms with Crippen LogP contribution >= 0.6 is 0 Å². The van der Waals surface area contributed by atoms with Crippen LogP contribution in [0.5, 0.6) is 0 Å². The first-order chi connectivity index (χ1) is 15.7. The van der Waals surface area contributed by atoms with Crippen LogP contribution in [0.1, 0.15) is 51.7 Å². The molecule has 0 aliphatic heterocycles. The maximum absolute atomic E-state index is 12.4. The molecule has 2 N–H and O–H groups in total. The van der Waals surface area contributed by atoms with E-state index in [1.807, 2.05) is 67.6 Å². The molecule has 0 saturated heterocycles. The SMILES string of the molecule is CC(CCC(C)(C)COC(=O)C(C)Cc1ccccc1)COC(=O)C(N)Cc1ccccc1. The summed E-state index contributed by atoms with van der Waals surface area (Å²) >= 11 is 0. The highest BCUT2D eigenvalue weighted by atomic mass is 16.5. The lowest BCUT2D eigenvalue weighted by Crippen LogP contribution is -2.35. The summed E-state index contributed by atoms with van der Waals surface area (Å²) in [6.45, 7) is 8.86. The summed E-state index contributed by atoms with van der Waals surface area (Å²) in [5, 5.41) is 0. The van der Waals surface area contributed by atoms with Gasteiger partial charge in [0.1, 0.15) is 6.04 Å². The minimum atomic E-state index is -0.659. The van der Waals surface area contributed by atoms with Crippen molar-refractivity contribution in [2.45, 2.75) is 59.4 Å². The summed E-state index contributed by atoms with van der Waals surface area (Å²) in [6, 6.07) is 19.0. The number of ether oxygens (including phenoxy) is 2. The molecule has 0 aliphatic carbocycles. The van der Waals surface area contributed by atoms with Gasteiger partial charge in [-0.1, -0.05) is 88.4 Å². The molecule has 0 amide bonds. The van der Waals surface area contributed by atoms with Gasteiger partial charge in [-0.15, -0.1) is 0 Å². The Morgan fingerprint density at radius 2 is 1.39 bits per heavy atom. The van der Waals surface area contributed by atoms with E-state index in [1.165, 1.54) is 0 Å². The van der Waals surface area contributed by atoms with Crippen LogP contribution in [0, 0.1) is 17.3 Å². The van der Waals surface area contributed by atoms with Crippen LogP contribution in [0.2, 0.25) is 0 Å². The van der Waals surface area contributed by atoms with Crippen molar-refractivity contribution >= 4 is 11.9 Å². The van der Waals surface area contributed by atoms with Crippen molar-refractivity contribution < 1.29 is 19.1 Å². The van der Waals surface area contributed by atoms with Gasteiger partial charge in [-0.25, -0.2) is 0 Å². The maximum atomic E-state index is 12.4. The predicted molar refractivity (Wildman–Crippen MR) is 132 cm³/mol. The van der Waals surface area contributed by atoms with Crippen molar-refractivity contribution in [3.63, 3.8) is 0 Å². The van der Waals surface area contributed by atoms with Crippen LogP contribution in [0.25, 0.3) is 0 Å². The van der Waals surface area contributed by atoms with Gasteiger partial charge in [0.05, 0.1) is 19.1 Å². The first kappa shape index (κ1) is 26.6. The fraction of sp³-hybridized carbons (Fsp3) is 0.500. The molecule has 0 aromatic heterocycles. The second kappa shape index (κ2) is 13.1. The Morgan fingerprint density at radius 3 is 1.97 bits per heavy atom. The zero-order valence-corrected chi connectivity index (χ0v) is 20.5. The van der Waals surface area contributed by atoms with Crippen molar-refractivity contribution in [3.05, 3.63) is 71.8 Å². The molecule has 2 rings (SSSR count). The molecule has 0 spiro atoms. The summed E-state index contributed by atoms with van der Waals surface area (Å²) in [5.41, 5.74) is 8.00. The number of hydrogen-bond donors (Lipinski definition) is 1. The van der Waals surface area contributed by atoms with Crippen LogP contribution in [0.3, 0.4) is 0 Å². The van der Waals surface area contributed by atoms with Gasteiger partial charge in [0.25, 0.3) is 0 Å². The molecule has 180 valence electrons. The minimum Gasteiger partial charge on any atom is -0.465 e. The van der Waals surface area contributed by atoms with Crippen LogP contribution in [0.15, 0.2) is 60.7 Å². The highest BCUT2D eigenvalue weighted by molar-refractivity contribution is 5.75. The quantitative estimate of drug-likeness (QED) is 0.434. The fourth-order valence-corrected chi connectivity index (χ4v) is 3.54. The number of esters is 2. The fourth-order valence-electron chi connectivity index (χ4n) is 3.54. The van der Waals surface area contributed by atoms with Crippen LogP contribution in [-0.4, -0.2) is 31.2 Å². The average molecular weight is 454 g/mol. The Labute approximate surface area is 198 Å². The molecule has 0 heterocycles. The molecule has 5 heteroatoms. The lowest BCUT2D eigenvalue weighted by molar-refractivity contribution is -0.151. The Hall–Kier alpha value is -2.66. The summed E-state index contributed by atoms with van der Waals surface area (Å²) in [7, 11) is 0. The lowest BCUT2D eigenvalue weighted by Gasteiger charge is -2.26. The average Bonchev–Trinajstić information content (AvgIpc) is 2.81. The minimum absolute atomic E-state index is 0.149. The Morgan fingerprint density at radius 1 is 0.848 bits per heavy atom. The maximum Gasteiger partial charge on any atom is 0.323 e. The van der Waals surface area contributed by atoms with Crippen LogP contribution < -0.4 is 5.73 Å². The van der Waals surface area contributed by atoms with Crippen molar-refractivity contribution in [2.24, 2.45) is 23.0 Å². The van der Waals surface area contributed by atoms with Crippen molar-refractivity contribution in [3.8, 4) is 0 Å². The van der Waals surface area contributed by atoms with Crippen molar-refractivity contribution in [2.75, 3.05) is 13.2 Å². The van der Waals surface area contributed by atoms with Gasteiger partial charge in [-0.2, -0.15) is 0 Å². The highest BCUT2D eigenvalue weighted by Gasteiger charge is 2.24. The summed E-state index contributed by atoms with van der Waals surface area (Å²) in [4.78, 5) is 24.6. The molecule has 0 fully saturated rings. The van der Waals surface area contributed by atoms with E-state index in [4.69, 9.17) is 15.2 Å².